The van der Waals surface area contributed by atoms with Crippen molar-refractivity contribution in [3.8, 4) is 17.6 Å². The van der Waals surface area contributed by atoms with E-state index in [1.54, 1.807) is 31.2 Å². The summed E-state index contributed by atoms with van der Waals surface area (Å²) in [5.41, 5.74) is -4.79. The van der Waals surface area contributed by atoms with Gasteiger partial charge in [0.1, 0.15) is 29.2 Å². The number of carbonyl (C=O) groups is 2. The van der Waals surface area contributed by atoms with Crippen LogP contribution in [0.5, 0.6) is 11.5 Å². The zero-order chi connectivity index (χ0) is 40.4. The highest BCUT2D eigenvalue weighted by Gasteiger charge is 2.57. The number of amides is 1. The van der Waals surface area contributed by atoms with Gasteiger partial charge in [0.25, 0.3) is 5.91 Å². The van der Waals surface area contributed by atoms with E-state index in [4.69, 9.17) is 9.47 Å². The fourth-order valence-electron chi connectivity index (χ4n) is 7.68. The number of nitrogens with zero attached hydrogens (tertiary/aromatic N) is 4. The third-order valence-electron chi connectivity index (χ3n) is 10.8. The summed E-state index contributed by atoms with van der Waals surface area (Å²) in [6.07, 6.45) is -8.50. The number of hydrogen-bond donors (Lipinski definition) is 2. The summed E-state index contributed by atoms with van der Waals surface area (Å²) in [7, 11) is 0. The van der Waals surface area contributed by atoms with Gasteiger partial charge >= 0.3 is 18.3 Å². The first-order chi connectivity index (χ1) is 25.8. The van der Waals surface area contributed by atoms with Gasteiger partial charge in [-0.3, -0.25) is 19.5 Å². The monoisotopic (exact) mass is 798 g/mol. The summed E-state index contributed by atoms with van der Waals surface area (Å²) in [6.45, 7) is 4.33. The van der Waals surface area contributed by atoms with E-state index in [1.807, 2.05) is 0 Å². The molecule has 1 aromatic carbocycles. The number of alkyl halides is 6. The van der Waals surface area contributed by atoms with Crippen LogP contribution in [0.3, 0.4) is 0 Å². The smallest absolute Gasteiger partial charge is 0.425 e. The molecule has 4 atom stereocenters. The van der Waals surface area contributed by atoms with Crippen LogP contribution in [0.1, 0.15) is 69.7 Å². The van der Waals surface area contributed by atoms with E-state index in [1.165, 1.54) is 23.6 Å². The van der Waals surface area contributed by atoms with Crippen LogP contribution in [0, 0.1) is 22.7 Å². The highest BCUT2D eigenvalue weighted by molar-refractivity contribution is 7.10. The molecule has 4 unspecified atom stereocenters. The number of allylic oxidation sites excluding steroid dienone is 1. The molecule has 0 saturated carbocycles. The number of thiophene rings is 1. The number of para-hydroxylation sites is 1. The fourth-order valence-corrected chi connectivity index (χ4v) is 8.35. The van der Waals surface area contributed by atoms with Crippen molar-refractivity contribution in [3.63, 3.8) is 0 Å². The molecule has 55 heavy (non-hydrogen) atoms. The molecule has 0 aliphatic carbocycles. The molecule has 17 heteroatoms. The molecule has 2 aromatic rings. The molecule has 0 radical (unpaired) electrons. The quantitative estimate of drug-likeness (QED) is 0.215. The summed E-state index contributed by atoms with van der Waals surface area (Å²) >= 11 is 0.380. The minimum absolute atomic E-state index is 0.00235. The summed E-state index contributed by atoms with van der Waals surface area (Å²) < 4.78 is 95.9. The molecule has 0 bridgehead atoms. The Bertz CT molecular complexity index is 1810. The zero-order valence-corrected chi connectivity index (χ0v) is 31.4. The van der Waals surface area contributed by atoms with E-state index >= 15 is 4.79 Å². The second-order valence-corrected chi connectivity index (χ2v) is 15.8. The Morgan fingerprint density at radius 1 is 1.09 bits per heavy atom. The second-order valence-electron chi connectivity index (χ2n) is 14.9. The predicted octanol–water partition coefficient (Wildman–Crippen LogP) is 7.23. The largest absolute Gasteiger partial charge is 0.492 e. The van der Waals surface area contributed by atoms with E-state index in [0.29, 0.717) is 29.1 Å². The molecule has 10 nitrogen and oxygen atoms in total. The topological polar surface area (TPSA) is 136 Å². The van der Waals surface area contributed by atoms with E-state index in [0.717, 1.165) is 23.7 Å². The number of aliphatic hydroxyl groups is 1. The Kier molecular flexibility index (Phi) is 12.3. The normalized spacial score (nSPS) is 24.1. The number of aliphatic carboxylic acids is 1. The number of carboxylic acid groups (broad SMARTS) is 1. The summed E-state index contributed by atoms with van der Waals surface area (Å²) in [4.78, 5) is 32.6. The summed E-state index contributed by atoms with van der Waals surface area (Å²) in [5.74, 6) is -3.10. The number of carbonyl (C=O) groups excluding carboxylic acids is 1. The Hall–Kier alpha value is -4.14. The molecule has 3 aliphatic heterocycles. The van der Waals surface area contributed by atoms with E-state index in [-0.39, 0.29) is 70.6 Å². The van der Waals surface area contributed by atoms with Crippen LogP contribution >= 0.6 is 11.3 Å². The number of ether oxygens (including phenoxy) is 2. The third-order valence-corrected chi connectivity index (χ3v) is 11.7. The molecule has 1 amide bonds. The number of hydrogen-bond acceptors (Lipinski definition) is 9. The lowest BCUT2D eigenvalue weighted by Gasteiger charge is -2.53. The van der Waals surface area contributed by atoms with Crippen molar-refractivity contribution >= 4 is 29.4 Å². The van der Waals surface area contributed by atoms with Crippen molar-refractivity contribution in [2.75, 3.05) is 32.8 Å². The maximum absolute atomic E-state index is 15.0. The van der Waals surface area contributed by atoms with Crippen LogP contribution in [0.15, 0.2) is 52.4 Å². The number of benzene rings is 1. The first-order valence-electron chi connectivity index (χ1n) is 18.0. The van der Waals surface area contributed by atoms with Gasteiger partial charge in [0, 0.05) is 60.9 Å². The Morgan fingerprint density at radius 2 is 1.78 bits per heavy atom. The number of carboxylic acids is 1. The average Bonchev–Trinajstić information content (AvgIpc) is 3.63. The van der Waals surface area contributed by atoms with Crippen molar-refractivity contribution in [2.24, 2.45) is 16.3 Å². The minimum atomic E-state index is -4.78. The lowest BCUT2D eigenvalue weighted by Crippen LogP contribution is -2.70. The predicted molar refractivity (Wildman–Crippen MR) is 191 cm³/mol. The molecule has 5 rings (SSSR count). The molecule has 1 aromatic heterocycles. The van der Waals surface area contributed by atoms with Crippen LogP contribution in [-0.2, 0) is 21.2 Å². The molecule has 0 spiro atoms. The maximum atomic E-state index is 15.0. The van der Waals surface area contributed by atoms with Gasteiger partial charge in [-0.15, -0.1) is 11.3 Å². The van der Waals surface area contributed by atoms with Crippen LogP contribution in [0.4, 0.5) is 26.3 Å². The standard InChI is InChI=1S/C38H44F6N4O6S/c1-4-8-29-36(54-24-19-30(55-21-24)38(42,43)44,12-7-16-48(29)31(49)25-20-46-15-11-26(25)37(39,40)41)32(50)47-17-13-35(22-45,14-18-47)27-9-5-6-10-28(27)53-23-34(2,3)33(51)52/h5-6,9-11,15,19,21,25,29,31,49H,4,7-8,12-14,16-18,20,23H2,1-3H3,(H,51,52). The Labute approximate surface area is 319 Å². The molecule has 3 aliphatic rings. The number of halogens is 6. The number of likely N-dealkylation sites (tertiary alicyclic amines) is 2. The SMILES string of the molecule is CCCC1N(C(O)C2CN=CC=C2C(F)(F)F)CCCC1(Oc1csc(C(F)(F)F)c1)C(=O)N1CCC(C#N)(c2ccccc2OCC(C)(C)C(=O)O)CC1. The highest BCUT2D eigenvalue weighted by atomic mass is 32.1. The first-order valence-corrected chi connectivity index (χ1v) is 18.9. The number of aliphatic hydroxyl groups excluding tert-OH is 1. The van der Waals surface area contributed by atoms with Crippen LogP contribution in [0.2, 0.25) is 0 Å². The van der Waals surface area contributed by atoms with Gasteiger partial charge < -0.3 is 24.6 Å². The van der Waals surface area contributed by atoms with Crippen molar-refractivity contribution in [1.29, 1.82) is 5.26 Å². The van der Waals surface area contributed by atoms with Crippen molar-refractivity contribution in [2.45, 2.75) is 94.9 Å². The van der Waals surface area contributed by atoms with Gasteiger partial charge in [-0.05, 0) is 58.1 Å². The lowest BCUT2D eigenvalue weighted by molar-refractivity contribution is -0.178. The van der Waals surface area contributed by atoms with E-state index in [2.05, 4.69) is 11.1 Å². The number of piperidine rings is 2. The van der Waals surface area contributed by atoms with Gasteiger partial charge in [0.2, 0.25) is 5.60 Å². The van der Waals surface area contributed by atoms with Crippen molar-refractivity contribution < 1.29 is 55.6 Å². The van der Waals surface area contributed by atoms with E-state index in [9.17, 15) is 46.6 Å². The molecule has 2 N–H and O–H groups in total. The van der Waals surface area contributed by atoms with E-state index < -0.39 is 69.3 Å². The maximum Gasteiger partial charge on any atom is 0.425 e. The van der Waals surface area contributed by atoms with Gasteiger partial charge in [-0.2, -0.15) is 31.6 Å². The number of nitriles is 1. The number of rotatable bonds is 12. The molecule has 4 heterocycles. The van der Waals surface area contributed by atoms with Crippen molar-refractivity contribution in [3.05, 3.63) is 57.8 Å². The summed E-state index contributed by atoms with van der Waals surface area (Å²) in [6, 6.07) is 8.87. The highest BCUT2D eigenvalue weighted by Crippen LogP contribution is 2.46. The van der Waals surface area contributed by atoms with Crippen molar-refractivity contribution in [1.82, 2.24) is 9.80 Å². The molecular weight excluding hydrogens is 754 g/mol. The Morgan fingerprint density at radius 3 is 2.38 bits per heavy atom. The minimum Gasteiger partial charge on any atom is -0.492 e. The summed E-state index contributed by atoms with van der Waals surface area (Å²) in [5, 5.41) is 33.0. The molecule has 2 saturated heterocycles. The lowest BCUT2D eigenvalue weighted by atomic mass is 9.72. The van der Waals surface area contributed by atoms with Gasteiger partial charge in [-0.25, -0.2) is 0 Å². The second kappa shape index (κ2) is 16.1. The van der Waals surface area contributed by atoms with Gasteiger partial charge in [0.15, 0.2) is 0 Å². The average molecular weight is 799 g/mol. The van der Waals surface area contributed by atoms with Crippen LogP contribution in [0.25, 0.3) is 0 Å². The van der Waals surface area contributed by atoms with Crippen LogP contribution in [-0.4, -0.2) is 94.9 Å². The molecular formula is C38H44F6N4O6S. The first kappa shape index (κ1) is 42.0. The fraction of sp³-hybridized carbons (Fsp3) is 0.579. The number of aliphatic imine (C=N–C) groups is 1. The van der Waals surface area contributed by atoms with Crippen LogP contribution < -0.4 is 9.47 Å². The zero-order valence-electron chi connectivity index (χ0n) is 30.6. The Balaban J connectivity index is 1.49. The van der Waals surface area contributed by atoms with Gasteiger partial charge in [0.05, 0.1) is 22.9 Å². The third kappa shape index (κ3) is 8.66. The molecule has 300 valence electrons. The van der Waals surface area contributed by atoms with Gasteiger partial charge in [-0.1, -0.05) is 31.5 Å². The molecule has 2 fully saturated rings. The number of dihydropyridines is 1.